The fraction of sp³-hybridized carbons (Fsp3) is 0.296. The monoisotopic (exact) mass is 433 g/mol. The summed E-state index contributed by atoms with van der Waals surface area (Å²) in [4.78, 5) is 14.2. The number of benzene rings is 3. The number of hydrogen-bond acceptors (Lipinski definition) is 3. The molecule has 0 aromatic heterocycles. The number of ether oxygens (including phenoxy) is 1. The van der Waals surface area contributed by atoms with Crippen LogP contribution >= 0.6 is 11.8 Å². The molecule has 0 radical (unpaired) electrons. The summed E-state index contributed by atoms with van der Waals surface area (Å²) >= 11 is 1.69. The van der Waals surface area contributed by atoms with E-state index in [2.05, 4.69) is 50.4 Å². The topological polar surface area (TPSA) is 38.3 Å². The molecule has 0 aliphatic heterocycles. The predicted octanol–water partition coefficient (Wildman–Crippen LogP) is 6.91. The van der Waals surface area contributed by atoms with Gasteiger partial charge in [0.2, 0.25) is 0 Å². The Morgan fingerprint density at radius 2 is 1.65 bits per heavy atom. The number of amides is 1. The molecule has 0 saturated carbocycles. The highest BCUT2D eigenvalue weighted by molar-refractivity contribution is 7.98. The molecule has 3 aromatic carbocycles. The van der Waals surface area contributed by atoms with Gasteiger partial charge in [0.15, 0.2) is 0 Å². The summed E-state index contributed by atoms with van der Waals surface area (Å²) in [5.74, 6) is 2.02. The minimum Gasteiger partial charge on any atom is -0.496 e. The highest BCUT2D eigenvalue weighted by Crippen LogP contribution is 2.32. The van der Waals surface area contributed by atoms with Crippen LogP contribution in [-0.2, 0) is 5.75 Å². The maximum atomic E-state index is 13.2. The van der Waals surface area contributed by atoms with Crippen molar-refractivity contribution in [1.29, 1.82) is 0 Å². The Hall–Kier alpha value is -2.72. The van der Waals surface area contributed by atoms with Gasteiger partial charge in [-0.15, -0.1) is 11.8 Å². The highest BCUT2D eigenvalue weighted by atomic mass is 32.2. The van der Waals surface area contributed by atoms with Crippen molar-refractivity contribution >= 4 is 17.7 Å². The van der Waals surface area contributed by atoms with E-state index in [4.69, 9.17) is 4.74 Å². The number of thioether (sulfide) groups is 1. The number of rotatable bonds is 8. The summed E-state index contributed by atoms with van der Waals surface area (Å²) in [6.07, 6.45) is 0. The number of methoxy groups -OCH3 is 1. The number of hydrogen-bond donors (Lipinski definition) is 1. The molecular formula is C27H31NO2S. The molecule has 0 bridgehead atoms. The van der Waals surface area contributed by atoms with Gasteiger partial charge >= 0.3 is 0 Å². The molecule has 1 atom stereocenters. The van der Waals surface area contributed by atoms with Crippen molar-refractivity contribution in [2.45, 2.75) is 50.3 Å². The number of aryl methyl sites for hydroxylation is 1. The molecule has 0 spiro atoms. The maximum absolute atomic E-state index is 13.2. The van der Waals surface area contributed by atoms with Crippen molar-refractivity contribution in [3.63, 3.8) is 0 Å². The van der Waals surface area contributed by atoms with Crippen molar-refractivity contribution in [3.8, 4) is 5.75 Å². The van der Waals surface area contributed by atoms with Crippen LogP contribution in [0.3, 0.4) is 0 Å². The molecule has 0 saturated heterocycles. The smallest absolute Gasteiger partial charge is 0.252 e. The van der Waals surface area contributed by atoms with E-state index in [-0.39, 0.29) is 11.9 Å². The number of nitrogens with one attached hydrogen (secondary N) is 1. The van der Waals surface area contributed by atoms with Crippen LogP contribution < -0.4 is 10.1 Å². The second-order valence-electron chi connectivity index (χ2n) is 8.07. The Balaban J connectivity index is 1.78. The first kappa shape index (κ1) is 23.0. The molecule has 0 aliphatic carbocycles. The Morgan fingerprint density at radius 1 is 0.968 bits per heavy atom. The van der Waals surface area contributed by atoms with Crippen LogP contribution in [0, 0.1) is 6.92 Å². The first-order valence-corrected chi connectivity index (χ1v) is 11.6. The molecule has 1 N–H and O–H groups in total. The molecule has 0 fully saturated rings. The van der Waals surface area contributed by atoms with E-state index in [9.17, 15) is 4.79 Å². The molecule has 3 nitrogen and oxygen atoms in total. The lowest BCUT2D eigenvalue weighted by Crippen LogP contribution is -2.27. The predicted molar refractivity (Wildman–Crippen MR) is 130 cm³/mol. The molecule has 31 heavy (non-hydrogen) atoms. The van der Waals surface area contributed by atoms with Crippen LogP contribution in [0.15, 0.2) is 71.6 Å². The highest BCUT2D eigenvalue weighted by Gasteiger charge is 2.19. The van der Waals surface area contributed by atoms with Gasteiger partial charge in [0.05, 0.1) is 18.7 Å². The maximum Gasteiger partial charge on any atom is 0.252 e. The number of carbonyl (C=O) groups excluding carboxylic acids is 1. The molecule has 0 aliphatic rings. The normalized spacial score (nSPS) is 11.9. The fourth-order valence-corrected chi connectivity index (χ4v) is 4.68. The van der Waals surface area contributed by atoms with Crippen molar-refractivity contribution < 1.29 is 9.53 Å². The fourth-order valence-electron chi connectivity index (χ4n) is 3.68. The van der Waals surface area contributed by atoms with Crippen LogP contribution in [0.25, 0.3) is 0 Å². The SMILES string of the molecule is COc1cc(C)c([C@@H](C)NC(=O)c2ccccc2SCc2ccccc2)cc1C(C)C. The summed E-state index contributed by atoms with van der Waals surface area (Å²) in [7, 11) is 1.70. The van der Waals surface area contributed by atoms with E-state index in [1.807, 2.05) is 49.4 Å². The van der Waals surface area contributed by atoms with Crippen LogP contribution in [0.4, 0.5) is 0 Å². The minimum absolute atomic E-state index is 0.0509. The third-order valence-corrected chi connectivity index (χ3v) is 6.57. The molecule has 0 heterocycles. The van der Waals surface area contributed by atoms with Gasteiger partial charge in [-0.2, -0.15) is 0 Å². The first-order valence-electron chi connectivity index (χ1n) is 10.7. The lowest BCUT2D eigenvalue weighted by Gasteiger charge is -2.21. The van der Waals surface area contributed by atoms with Crippen LogP contribution in [0.2, 0.25) is 0 Å². The van der Waals surface area contributed by atoms with E-state index < -0.39 is 0 Å². The lowest BCUT2D eigenvalue weighted by molar-refractivity contribution is 0.0937. The second kappa shape index (κ2) is 10.5. The van der Waals surface area contributed by atoms with Gasteiger partial charge in [-0.25, -0.2) is 0 Å². The van der Waals surface area contributed by atoms with E-state index in [1.165, 1.54) is 5.56 Å². The number of carbonyl (C=O) groups is 1. The standard InChI is InChI=1S/C27H31NO2S/c1-18(2)23-16-24(19(3)15-25(23)30-5)20(4)28-27(29)22-13-9-10-14-26(22)31-17-21-11-7-6-8-12-21/h6-16,18,20H,17H2,1-5H3,(H,28,29)/t20-/m1/s1. The molecule has 0 unspecified atom stereocenters. The zero-order chi connectivity index (χ0) is 22.4. The van der Waals surface area contributed by atoms with Gasteiger partial charge in [0.1, 0.15) is 5.75 Å². The third kappa shape index (κ3) is 5.71. The summed E-state index contributed by atoms with van der Waals surface area (Å²) in [6.45, 7) is 8.41. The largest absolute Gasteiger partial charge is 0.496 e. The molecule has 162 valence electrons. The summed E-state index contributed by atoms with van der Waals surface area (Å²) in [6, 6.07) is 22.3. The molecule has 4 heteroatoms. The summed E-state index contributed by atoms with van der Waals surface area (Å²) in [5, 5.41) is 3.20. The van der Waals surface area contributed by atoms with Crippen LogP contribution in [0.1, 0.15) is 65.3 Å². The van der Waals surface area contributed by atoms with Gasteiger partial charge in [-0.3, -0.25) is 4.79 Å². The Labute approximate surface area is 190 Å². The van der Waals surface area contributed by atoms with E-state index >= 15 is 0 Å². The molecule has 3 rings (SSSR count). The zero-order valence-electron chi connectivity index (χ0n) is 18.9. The van der Waals surface area contributed by atoms with Crippen molar-refractivity contribution in [2.75, 3.05) is 7.11 Å². The van der Waals surface area contributed by atoms with Gasteiger partial charge in [0.25, 0.3) is 5.91 Å². The molecular weight excluding hydrogens is 402 g/mol. The Bertz CT molecular complexity index is 1030. The van der Waals surface area contributed by atoms with Crippen molar-refractivity contribution in [1.82, 2.24) is 5.32 Å². The van der Waals surface area contributed by atoms with E-state index in [0.29, 0.717) is 11.5 Å². The van der Waals surface area contributed by atoms with Crippen molar-refractivity contribution in [3.05, 3.63) is 94.5 Å². The zero-order valence-corrected chi connectivity index (χ0v) is 19.8. The average Bonchev–Trinajstić information content (AvgIpc) is 2.77. The Kier molecular flexibility index (Phi) is 7.80. The Morgan fingerprint density at radius 3 is 2.32 bits per heavy atom. The van der Waals surface area contributed by atoms with Crippen LogP contribution in [-0.4, -0.2) is 13.0 Å². The van der Waals surface area contributed by atoms with Gasteiger partial charge in [-0.1, -0.05) is 56.3 Å². The summed E-state index contributed by atoms with van der Waals surface area (Å²) in [5.41, 5.74) is 5.34. The molecule has 3 aromatic rings. The van der Waals surface area contributed by atoms with Crippen molar-refractivity contribution in [2.24, 2.45) is 0 Å². The van der Waals surface area contributed by atoms with E-state index in [0.717, 1.165) is 33.1 Å². The summed E-state index contributed by atoms with van der Waals surface area (Å²) < 4.78 is 5.56. The lowest BCUT2D eigenvalue weighted by atomic mass is 9.93. The van der Waals surface area contributed by atoms with Crippen LogP contribution in [0.5, 0.6) is 5.75 Å². The second-order valence-corrected chi connectivity index (χ2v) is 9.09. The first-order chi connectivity index (χ1) is 14.9. The van der Waals surface area contributed by atoms with Gasteiger partial charge < -0.3 is 10.1 Å². The minimum atomic E-state index is -0.108. The third-order valence-electron chi connectivity index (χ3n) is 5.42. The van der Waals surface area contributed by atoms with Gasteiger partial charge in [-0.05, 0) is 66.3 Å². The van der Waals surface area contributed by atoms with Gasteiger partial charge in [0, 0.05) is 10.6 Å². The average molecular weight is 434 g/mol. The quantitative estimate of drug-likeness (QED) is 0.392. The van der Waals surface area contributed by atoms with E-state index in [1.54, 1.807) is 18.9 Å². The molecule has 1 amide bonds.